The fourth-order valence-electron chi connectivity index (χ4n) is 4.97. The number of pyridine rings is 1. The molecule has 30 heavy (non-hydrogen) atoms. The maximum absolute atomic E-state index is 12.7. The third-order valence-electron chi connectivity index (χ3n) is 6.69. The largest absolute Gasteiger partial charge is 0.346 e. The zero-order valence-corrected chi connectivity index (χ0v) is 18.1. The molecule has 5 rings (SSSR count). The molecule has 4 heterocycles. The van der Waals surface area contributed by atoms with Gasteiger partial charge in [0.25, 0.3) is 0 Å². The molecular formula is C25H30N4O. The maximum atomic E-state index is 12.7. The van der Waals surface area contributed by atoms with E-state index >= 15 is 0 Å². The smallest absolute Gasteiger partial charge is 0.225 e. The quantitative estimate of drug-likeness (QED) is 0.678. The summed E-state index contributed by atoms with van der Waals surface area (Å²) in [5.41, 5.74) is 8.66. The number of amides is 1. The molecule has 5 heteroatoms. The molecule has 1 amide bonds. The molecule has 3 aromatic rings. The van der Waals surface area contributed by atoms with Gasteiger partial charge in [0.15, 0.2) is 0 Å². The maximum Gasteiger partial charge on any atom is 0.225 e. The predicted molar refractivity (Wildman–Crippen MR) is 120 cm³/mol. The summed E-state index contributed by atoms with van der Waals surface area (Å²) in [6.07, 6.45) is 7.27. The number of H-pyrrole nitrogens is 1. The van der Waals surface area contributed by atoms with Crippen molar-refractivity contribution in [3.8, 4) is 11.1 Å². The van der Waals surface area contributed by atoms with Gasteiger partial charge in [-0.25, -0.2) is 4.98 Å². The molecule has 2 aliphatic heterocycles. The molecule has 0 spiro atoms. The Morgan fingerprint density at radius 2 is 2.10 bits per heavy atom. The number of aromatic nitrogens is 2. The number of carbonyl (C=O) groups is 1. The van der Waals surface area contributed by atoms with Gasteiger partial charge in [0.1, 0.15) is 5.65 Å². The van der Waals surface area contributed by atoms with E-state index in [1.165, 1.54) is 39.6 Å². The SMILES string of the molecule is Cc1c[nH]c2ncc(-c3cc4c(c([C@@H]5CCCN5)c3)CN(C(=O)C(C)C)CC4)cc12. The second kappa shape index (κ2) is 7.55. The second-order valence-electron chi connectivity index (χ2n) is 9.11. The molecule has 2 aliphatic rings. The van der Waals surface area contributed by atoms with Gasteiger partial charge in [-0.15, -0.1) is 0 Å². The molecule has 0 radical (unpaired) electrons. The van der Waals surface area contributed by atoms with Crippen LogP contribution in [0.15, 0.2) is 30.6 Å². The minimum atomic E-state index is 0.0428. The third kappa shape index (κ3) is 3.31. The van der Waals surface area contributed by atoms with Crippen LogP contribution in [0.3, 0.4) is 0 Å². The highest BCUT2D eigenvalue weighted by molar-refractivity contribution is 5.85. The molecule has 1 saturated heterocycles. The van der Waals surface area contributed by atoms with Crippen LogP contribution < -0.4 is 5.32 Å². The Balaban J connectivity index is 1.59. The zero-order chi connectivity index (χ0) is 20.8. The summed E-state index contributed by atoms with van der Waals surface area (Å²) in [5, 5.41) is 4.86. The molecule has 0 unspecified atom stereocenters. The van der Waals surface area contributed by atoms with E-state index in [-0.39, 0.29) is 11.8 Å². The van der Waals surface area contributed by atoms with Crippen molar-refractivity contribution in [3.63, 3.8) is 0 Å². The number of fused-ring (bicyclic) bond motifs is 2. The first-order valence-electron chi connectivity index (χ1n) is 11.1. The third-order valence-corrected chi connectivity index (χ3v) is 6.69. The molecule has 1 fully saturated rings. The van der Waals surface area contributed by atoms with Crippen molar-refractivity contribution in [1.82, 2.24) is 20.2 Å². The van der Waals surface area contributed by atoms with E-state index in [1.54, 1.807) is 0 Å². The highest BCUT2D eigenvalue weighted by atomic mass is 16.2. The number of carbonyl (C=O) groups excluding carboxylic acids is 1. The molecule has 2 aromatic heterocycles. The van der Waals surface area contributed by atoms with Gasteiger partial charge >= 0.3 is 0 Å². The van der Waals surface area contributed by atoms with Gasteiger partial charge < -0.3 is 15.2 Å². The van der Waals surface area contributed by atoms with Crippen LogP contribution in [0.1, 0.15) is 55.0 Å². The number of hydrogen-bond donors (Lipinski definition) is 2. The van der Waals surface area contributed by atoms with Crippen molar-refractivity contribution in [2.75, 3.05) is 13.1 Å². The molecule has 0 aliphatic carbocycles. The van der Waals surface area contributed by atoms with E-state index < -0.39 is 0 Å². The highest BCUT2D eigenvalue weighted by Gasteiger charge is 2.28. The van der Waals surface area contributed by atoms with Gasteiger partial charge in [-0.1, -0.05) is 19.9 Å². The van der Waals surface area contributed by atoms with E-state index in [1.807, 2.05) is 31.1 Å². The predicted octanol–water partition coefficient (Wildman–Crippen LogP) is 4.50. The topological polar surface area (TPSA) is 61.0 Å². The van der Waals surface area contributed by atoms with Crippen LogP contribution in [0.25, 0.3) is 22.2 Å². The Morgan fingerprint density at radius 3 is 2.87 bits per heavy atom. The zero-order valence-electron chi connectivity index (χ0n) is 18.1. The minimum Gasteiger partial charge on any atom is -0.346 e. The first-order valence-corrected chi connectivity index (χ1v) is 11.1. The normalized spacial score (nSPS) is 18.9. The minimum absolute atomic E-state index is 0.0428. The average Bonchev–Trinajstić information content (AvgIpc) is 3.42. The Morgan fingerprint density at radius 1 is 1.23 bits per heavy atom. The number of nitrogens with one attached hydrogen (secondary N) is 2. The number of benzene rings is 1. The molecule has 156 valence electrons. The molecular weight excluding hydrogens is 372 g/mol. The molecule has 1 atom stereocenters. The van der Waals surface area contributed by atoms with Crippen LogP contribution in [-0.4, -0.2) is 33.9 Å². The van der Waals surface area contributed by atoms with Crippen LogP contribution in [-0.2, 0) is 17.8 Å². The lowest BCUT2D eigenvalue weighted by Gasteiger charge is -2.33. The lowest BCUT2D eigenvalue weighted by atomic mass is 9.87. The monoisotopic (exact) mass is 402 g/mol. The number of rotatable bonds is 3. The van der Waals surface area contributed by atoms with Crippen molar-refractivity contribution in [1.29, 1.82) is 0 Å². The van der Waals surface area contributed by atoms with Gasteiger partial charge in [-0.3, -0.25) is 4.79 Å². The molecule has 0 bridgehead atoms. The van der Waals surface area contributed by atoms with Crippen molar-refractivity contribution >= 4 is 16.9 Å². The summed E-state index contributed by atoms with van der Waals surface area (Å²) in [5.74, 6) is 0.300. The van der Waals surface area contributed by atoms with Crippen LogP contribution in [0, 0.1) is 12.8 Å². The van der Waals surface area contributed by atoms with Gasteiger partial charge in [0.2, 0.25) is 5.91 Å². The summed E-state index contributed by atoms with van der Waals surface area (Å²) in [4.78, 5) is 22.6. The Kier molecular flexibility index (Phi) is 4.86. The molecule has 5 nitrogen and oxygen atoms in total. The van der Waals surface area contributed by atoms with E-state index in [2.05, 4.69) is 40.4 Å². The van der Waals surface area contributed by atoms with E-state index in [4.69, 9.17) is 0 Å². The summed E-state index contributed by atoms with van der Waals surface area (Å²) in [6, 6.07) is 7.30. The second-order valence-corrected chi connectivity index (χ2v) is 9.11. The van der Waals surface area contributed by atoms with Crippen LogP contribution in [0.5, 0.6) is 0 Å². The van der Waals surface area contributed by atoms with Crippen LogP contribution in [0.2, 0.25) is 0 Å². The summed E-state index contributed by atoms with van der Waals surface area (Å²) in [6.45, 7) is 8.70. The summed E-state index contributed by atoms with van der Waals surface area (Å²) >= 11 is 0. The fraction of sp³-hybridized carbons (Fsp3) is 0.440. The van der Waals surface area contributed by atoms with E-state index in [0.29, 0.717) is 6.04 Å². The van der Waals surface area contributed by atoms with Gasteiger partial charge in [-0.05, 0) is 72.7 Å². The number of nitrogens with zero attached hydrogens (tertiary/aromatic N) is 2. The van der Waals surface area contributed by atoms with Gasteiger partial charge in [0.05, 0.1) is 0 Å². The van der Waals surface area contributed by atoms with Crippen molar-refractivity contribution < 1.29 is 4.79 Å². The number of aryl methyl sites for hydroxylation is 1. The van der Waals surface area contributed by atoms with Gasteiger partial charge in [0, 0.05) is 48.4 Å². The standard InChI is InChI=1S/C25H30N4O/c1-15(2)25(30)29-8-6-17-9-18(10-21(22(17)14-29)23-5-4-7-26-23)19-11-20-16(3)12-27-24(20)28-13-19/h9-13,15,23,26H,4-8,14H2,1-3H3,(H,27,28)/t23-/m0/s1. The Labute approximate surface area is 177 Å². The first-order chi connectivity index (χ1) is 14.5. The molecule has 2 N–H and O–H groups in total. The molecule has 1 aromatic carbocycles. The molecule has 0 saturated carbocycles. The van der Waals surface area contributed by atoms with Crippen LogP contribution >= 0.6 is 0 Å². The number of hydrogen-bond acceptors (Lipinski definition) is 3. The first kappa shape index (κ1) is 19.3. The van der Waals surface area contributed by atoms with Crippen molar-refractivity contribution in [2.45, 2.75) is 52.6 Å². The Bertz CT molecular complexity index is 1110. The van der Waals surface area contributed by atoms with E-state index in [0.717, 1.165) is 43.7 Å². The number of aromatic amines is 1. The van der Waals surface area contributed by atoms with E-state index in [9.17, 15) is 4.79 Å². The summed E-state index contributed by atoms with van der Waals surface area (Å²) in [7, 11) is 0. The van der Waals surface area contributed by atoms with Gasteiger partial charge in [-0.2, -0.15) is 0 Å². The highest BCUT2D eigenvalue weighted by Crippen LogP contribution is 2.36. The average molecular weight is 403 g/mol. The summed E-state index contributed by atoms with van der Waals surface area (Å²) < 4.78 is 0. The Hall–Kier alpha value is -2.66. The van der Waals surface area contributed by atoms with Crippen molar-refractivity contribution in [2.24, 2.45) is 5.92 Å². The van der Waals surface area contributed by atoms with Crippen molar-refractivity contribution in [3.05, 3.63) is 52.8 Å². The lowest BCUT2D eigenvalue weighted by molar-refractivity contribution is -0.135. The lowest BCUT2D eigenvalue weighted by Crippen LogP contribution is -2.39. The van der Waals surface area contributed by atoms with Crippen LogP contribution in [0.4, 0.5) is 0 Å². The fourth-order valence-corrected chi connectivity index (χ4v) is 4.97.